The highest BCUT2D eigenvalue weighted by Crippen LogP contribution is 2.37. The number of nitrogens with one attached hydrogen (secondary N) is 1. The third-order valence-corrected chi connectivity index (χ3v) is 3.86. The van der Waals surface area contributed by atoms with Gasteiger partial charge in [-0.15, -0.1) is 0 Å². The monoisotopic (exact) mass is 294 g/mol. The molecule has 0 spiro atoms. The van der Waals surface area contributed by atoms with Crippen molar-refractivity contribution in [3.8, 4) is 11.5 Å². The Morgan fingerprint density at radius 1 is 1.38 bits per heavy atom. The van der Waals surface area contributed by atoms with Crippen LogP contribution in [-0.2, 0) is 6.42 Å². The SMILES string of the molecule is CCNC(=O)N1CCc2cc(OC)c(OC)cc2[C@@H]1C[NH3+]. The summed E-state index contributed by atoms with van der Waals surface area (Å²) in [5.74, 6) is 1.41. The van der Waals surface area contributed by atoms with Gasteiger partial charge in [0.15, 0.2) is 11.5 Å². The summed E-state index contributed by atoms with van der Waals surface area (Å²) in [6.07, 6.45) is 0.809. The van der Waals surface area contributed by atoms with Gasteiger partial charge < -0.3 is 25.4 Å². The largest absolute Gasteiger partial charge is 0.493 e. The molecular formula is C15H24N3O3+. The lowest BCUT2D eigenvalue weighted by molar-refractivity contribution is -0.378. The van der Waals surface area contributed by atoms with Crippen LogP contribution in [-0.4, -0.2) is 44.8 Å². The molecule has 1 aromatic rings. The van der Waals surface area contributed by atoms with E-state index in [4.69, 9.17) is 9.47 Å². The first-order valence-electron chi connectivity index (χ1n) is 7.24. The van der Waals surface area contributed by atoms with Crippen LogP contribution in [0.4, 0.5) is 4.79 Å². The first-order chi connectivity index (χ1) is 10.2. The van der Waals surface area contributed by atoms with Crippen molar-refractivity contribution in [2.24, 2.45) is 0 Å². The lowest BCUT2D eigenvalue weighted by atomic mass is 9.92. The molecule has 0 aliphatic carbocycles. The van der Waals surface area contributed by atoms with Crippen molar-refractivity contribution in [2.45, 2.75) is 19.4 Å². The Bertz CT molecular complexity index is 519. The molecule has 1 aliphatic heterocycles. The van der Waals surface area contributed by atoms with E-state index < -0.39 is 0 Å². The van der Waals surface area contributed by atoms with Gasteiger partial charge in [-0.2, -0.15) is 0 Å². The number of nitrogens with zero attached hydrogens (tertiary/aromatic N) is 1. The van der Waals surface area contributed by atoms with E-state index in [2.05, 4.69) is 11.1 Å². The molecule has 21 heavy (non-hydrogen) atoms. The minimum absolute atomic E-state index is 0.0277. The van der Waals surface area contributed by atoms with E-state index in [1.165, 1.54) is 5.56 Å². The minimum atomic E-state index is -0.0356. The zero-order valence-electron chi connectivity index (χ0n) is 12.9. The second kappa shape index (κ2) is 6.67. The smallest absolute Gasteiger partial charge is 0.318 e. The number of ether oxygens (including phenoxy) is 2. The molecule has 6 nitrogen and oxygen atoms in total. The van der Waals surface area contributed by atoms with Gasteiger partial charge in [0.2, 0.25) is 0 Å². The van der Waals surface area contributed by atoms with Crippen LogP contribution in [0.3, 0.4) is 0 Å². The van der Waals surface area contributed by atoms with Gasteiger partial charge in [0, 0.05) is 13.1 Å². The third-order valence-electron chi connectivity index (χ3n) is 3.86. The average molecular weight is 294 g/mol. The van der Waals surface area contributed by atoms with Crippen LogP contribution < -0.4 is 20.5 Å². The van der Waals surface area contributed by atoms with Crippen LogP contribution in [0.1, 0.15) is 24.1 Å². The number of urea groups is 1. The van der Waals surface area contributed by atoms with Crippen LogP contribution in [0.5, 0.6) is 11.5 Å². The fraction of sp³-hybridized carbons (Fsp3) is 0.533. The maximum absolute atomic E-state index is 12.2. The molecular weight excluding hydrogens is 270 g/mol. The number of rotatable bonds is 4. The Labute approximate surface area is 125 Å². The lowest BCUT2D eigenvalue weighted by Crippen LogP contribution is -2.59. The fourth-order valence-corrected chi connectivity index (χ4v) is 2.84. The topological polar surface area (TPSA) is 78.4 Å². The highest BCUT2D eigenvalue weighted by Gasteiger charge is 2.32. The molecule has 0 radical (unpaired) electrons. The second-order valence-corrected chi connectivity index (χ2v) is 4.99. The quantitative estimate of drug-likeness (QED) is 0.852. The van der Waals surface area contributed by atoms with E-state index >= 15 is 0 Å². The number of methoxy groups -OCH3 is 2. The van der Waals surface area contributed by atoms with Gasteiger partial charge in [-0.1, -0.05) is 0 Å². The summed E-state index contributed by atoms with van der Waals surface area (Å²) >= 11 is 0. The third kappa shape index (κ3) is 2.90. The average Bonchev–Trinajstić information content (AvgIpc) is 2.52. The number of hydrogen-bond donors (Lipinski definition) is 2. The van der Waals surface area contributed by atoms with E-state index in [-0.39, 0.29) is 12.1 Å². The molecule has 1 aliphatic rings. The second-order valence-electron chi connectivity index (χ2n) is 4.99. The molecule has 0 aromatic heterocycles. The molecule has 2 rings (SSSR count). The number of benzene rings is 1. The van der Waals surface area contributed by atoms with E-state index in [1.807, 2.05) is 24.0 Å². The standard InChI is InChI=1S/C15H23N3O3/c1-4-17-15(19)18-6-5-10-7-13(20-2)14(21-3)8-11(10)12(18)9-16/h7-8,12H,4-6,9,16H2,1-3H3,(H,17,19)/p+1/t12-/m0/s1. The summed E-state index contributed by atoms with van der Waals surface area (Å²) in [6, 6.07) is 3.91. The first kappa shape index (κ1) is 15.4. The normalized spacial score (nSPS) is 17.1. The molecule has 0 bridgehead atoms. The minimum Gasteiger partial charge on any atom is -0.493 e. The number of fused-ring (bicyclic) bond motifs is 1. The summed E-state index contributed by atoms with van der Waals surface area (Å²) in [7, 11) is 3.25. The van der Waals surface area contributed by atoms with Crippen molar-refractivity contribution in [3.63, 3.8) is 0 Å². The van der Waals surface area contributed by atoms with Crippen LogP contribution in [0, 0.1) is 0 Å². The van der Waals surface area contributed by atoms with Crippen molar-refractivity contribution < 1.29 is 20.0 Å². The van der Waals surface area contributed by atoms with E-state index in [1.54, 1.807) is 14.2 Å². The van der Waals surface area contributed by atoms with Gasteiger partial charge in [-0.05, 0) is 36.6 Å². The Hall–Kier alpha value is -1.95. The summed E-state index contributed by atoms with van der Waals surface area (Å²) < 4.78 is 10.7. The van der Waals surface area contributed by atoms with Gasteiger partial charge >= 0.3 is 6.03 Å². The summed E-state index contributed by atoms with van der Waals surface area (Å²) in [4.78, 5) is 14.0. The molecule has 0 unspecified atom stereocenters. The van der Waals surface area contributed by atoms with Gasteiger partial charge in [-0.3, -0.25) is 0 Å². The molecule has 0 saturated heterocycles. The number of amides is 2. The van der Waals surface area contributed by atoms with Gasteiger partial charge in [0.05, 0.1) is 20.8 Å². The van der Waals surface area contributed by atoms with Gasteiger partial charge in [0.1, 0.15) is 6.04 Å². The predicted molar refractivity (Wildman–Crippen MR) is 79.5 cm³/mol. The number of carbonyl (C=O) groups excluding carboxylic acids is 1. The highest BCUT2D eigenvalue weighted by atomic mass is 16.5. The number of hydrogen-bond acceptors (Lipinski definition) is 3. The molecule has 1 heterocycles. The molecule has 1 atom stereocenters. The van der Waals surface area contributed by atoms with Crippen molar-refractivity contribution >= 4 is 6.03 Å². The summed E-state index contributed by atoms with van der Waals surface area (Å²) in [6.45, 7) is 3.86. The number of quaternary nitrogens is 1. The fourth-order valence-electron chi connectivity index (χ4n) is 2.84. The molecule has 4 N–H and O–H groups in total. The predicted octanol–water partition coefficient (Wildman–Crippen LogP) is 0.574. The lowest BCUT2D eigenvalue weighted by Gasteiger charge is -2.35. The van der Waals surface area contributed by atoms with Crippen LogP contribution in [0.15, 0.2) is 12.1 Å². The molecule has 116 valence electrons. The van der Waals surface area contributed by atoms with E-state index in [0.29, 0.717) is 25.4 Å². The van der Waals surface area contributed by atoms with Gasteiger partial charge in [-0.25, -0.2) is 4.79 Å². The van der Waals surface area contributed by atoms with Crippen molar-refractivity contribution in [3.05, 3.63) is 23.3 Å². The van der Waals surface area contributed by atoms with Crippen molar-refractivity contribution in [2.75, 3.05) is 33.9 Å². The van der Waals surface area contributed by atoms with Crippen molar-refractivity contribution in [1.82, 2.24) is 10.2 Å². The van der Waals surface area contributed by atoms with E-state index in [9.17, 15) is 4.79 Å². The van der Waals surface area contributed by atoms with Gasteiger partial charge in [0.25, 0.3) is 0 Å². The molecule has 1 aromatic carbocycles. The first-order valence-corrected chi connectivity index (χ1v) is 7.24. The Kier molecular flexibility index (Phi) is 4.90. The molecule has 0 fully saturated rings. The number of carbonyl (C=O) groups is 1. The summed E-state index contributed by atoms with van der Waals surface area (Å²) in [5, 5.41) is 2.86. The van der Waals surface area contributed by atoms with E-state index in [0.717, 1.165) is 17.7 Å². The van der Waals surface area contributed by atoms with Crippen LogP contribution in [0.25, 0.3) is 0 Å². The Morgan fingerprint density at radius 3 is 2.62 bits per heavy atom. The highest BCUT2D eigenvalue weighted by molar-refractivity contribution is 5.75. The Balaban J connectivity index is 2.39. The maximum atomic E-state index is 12.2. The zero-order chi connectivity index (χ0) is 15.4. The zero-order valence-corrected chi connectivity index (χ0v) is 12.9. The Morgan fingerprint density at radius 2 is 2.05 bits per heavy atom. The maximum Gasteiger partial charge on any atom is 0.318 e. The molecule has 6 heteroatoms. The summed E-state index contributed by atoms with van der Waals surface area (Å²) in [5.41, 5.74) is 6.30. The van der Waals surface area contributed by atoms with Crippen molar-refractivity contribution in [1.29, 1.82) is 0 Å². The molecule has 0 saturated carbocycles. The molecule has 2 amide bonds. The van der Waals surface area contributed by atoms with Crippen LogP contribution >= 0.6 is 0 Å². The van der Waals surface area contributed by atoms with Crippen LogP contribution in [0.2, 0.25) is 0 Å².